The Hall–Kier alpha value is -1.91. The molecule has 2 aromatic rings. The maximum Gasteiger partial charge on any atom is 0.162 e. The van der Waals surface area contributed by atoms with Gasteiger partial charge in [-0.2, -0.15) is 5.10 Å². The molecular formula is C14H21N5. The average Bonchev–Trinajstić information content (AvgIpc) is 2.89. The lowest BCUT2D eigenvalue weighted by Crippen LogP contribution is -2.10. The van der Waals surface area contributed by atoms with Crippen molar-refractivity contribution in [2.75, 3.05) is 12.4 Å². The number of aromatic nitrogens is 4. The zero-order valence-electron chi connectivity index (χ0n) is 12.1. The fourth-order valence-corrected chi connectivity index (χ4v) is 2.21. The first-order valence-corrected chi connectivity index (χ1v) is 6.84. The molecule has 0 atom stereocenters. The number of hydrogen-bond acceptors (Lipinski definition) is 4. The minimum Gasteiger partial charge on any atom is -0.373 e. The van der Waals surface area contributed by atoms with Crippen molar-refractivity contribution in [3.8, 4) is 5.82 Å². The molecule has 19 heavy (non-hydrogen) atoms. The Bertz CT molecular complexity index is 559. The summed E-state index contributed by atoms with van der Waals surface area (Å²) in [7, 11) is 1.88. The lowest BCUT2D eigenvalue weighted by Gasteiger charge is -2.12. The van der Waals surface area contributed by atoms with Crippen LogP contribution in [0.4, 0.5) is 5.82 Å². The van der Waals surface area contributed by atoms with Crippen molar-refractivity contribution in [3.05, 3.63) is 29.3 Å². The van der Waals surface area contributed by atoms with E-state index in [9.17, 15) is 0 Å². The Morgan fingerprint density at radius 1 is 1.11 bits per heavy atom. The zero-order valence-corrected chi connectivity index (χ0v) is 12.1. The summed E-state index contributed by atoms with van der Waals surface area (Å²) in [5.41, 5.74) is 3.39. The lowest BCUT2D eigenvalue weighted by molar-refractivity contribution is 0.756. The highest BCUT2D eigenvalue weighted by molar-refractivity contribution is 5.51. The van der Waals surface area contributed by atoms with Crippen molar-refractivity contribution in [1.29, 1.82) is 0 Å². The topological polar surface area (TPSA) is 55.6 Å². The van der Waals surface area contributed by atoms with E-state index >= 15 is 0 Å². The quantitative estimate of drug-likeness (QED) is 0.895. The third-order valence-corrected chi connectivity index (χ3v) is 3.27. The maximum absolute atomic E-state index is 4.65. The number of anilines is 1. The molecule has 0 aliphatic carbocycles. The van der Waals surface area contributed by atoms with Crippen LogP contribution in [0.25, 0.3) is 5.82 Å². The van der Waals surface area contributed by atoms with Gasteiger partial charge in [0.25, 0.3) is 0 Å². The van der Waals surface area contributed by atoms with Crippen LogP contribution in [0.1, 0.15) is 37.7 Å². The Balaban J connectivity index is 2.60. The fourth-order valence-electron chi connectivity index (χ4n) is 2.21. The monoisotopic (exact) mass is 259 g/mol. The second-order valence-corrected chi connectivity index (χ2v) is 4.37. The largest absolute Gasteiger partial charge is 0.373 e. The van der Waals surface area contributed by atoms with E-state index in [1.54, 1.807) is 6.33 Å². The Morgan fingerprint density at radius 2 is 1.89 bits per heavy atom. The van der Waals surface area contributed by atoms with Crippen molar-refractivity contribution in [1.82, 2.24) is 19.7 Å². The minimum atomic E-state index is 0.872. The van der Waals surface area contributed by atoms with Crippen LogP contribution in [0, 0.1) is 0 Å². The highest BCUT2D eigenvalue weighted by atomic mass is 15.3. The lowest BCUT2D eigenvalue weighted by atomic mass is 10.2. The van der Waals surface area contributed by atoms with E-state index in [1.165, 1.54) is 5.69 Å². The van der Waals surface area contributed by atoms with Crippen LogP contribution in [0.2, 0.25) is 0 Å². The van der Waals surface area contributed by atoms with Crippen LogP contribution in [0.3, 0.4) is 0 Å². The maximum atomic E-state index is 4.65. The molecule has 5 nitrogen and oxygen atoms in total. The molecule has 0 bridgehead atoms. The minimum absolute atomic E-state index is 0.872. The first-order chi connectivity index (χ1) is 9.24. The highest BCUT2D eigenvalue weighted by Gasteiger charge is 2.14. The Kier molecular flexibility index (Phi) is 4.14. The third-order valence-electron chi connectivity index (χ3n) is 3.27. The summed E-state index contributed by atoms with van der Waals surface area (Å²) in [4.78, 5) is 8.71. The van der Waals surface area contributed by atoms with Crippen LogP contribution in [-0.4, -0.2) is 26.8 Å². The van der Waals surface area contributed by atoms with E-state index in [2.05, 4.69) is 47.2 Å². The molecule has 0 fully saturated rings. The molecule has 0 amide bonds. The van der Waals surface area contributed by atoms with Gasteiger partial charge >= 0.3 is 0 Å². The van der Waals surface area contributed by atoms with Gasteiger partial charge in [-0.3, -0.25) is 0 Å². The summed E-state index contributed by atoms with van der Waals surface area (Å²) in [5, 5.41) is 7.78. The highest BCUT2D eigenvalue weighted by Crippen LogP contribution is 2.21. The van der Waals surface area contributed by atoms with E-state index in [1.807, 2.05) is 11.7 Å². The van der Waals surface area contributed by atoms with Gasteiger partial charge in [0.1, 0.15) is 12.1 Å². The first kappa shape index (κ1) is 13.5. The van der Waals surface area contributed by atoms with Crippen molar-refractivity contribution in [3.63, 3.8) is 0 Å². The third kappa shape index (κ3) is 2.45. The molecule has 0 spiro atoms. The van der Waals surface area contributed by atoms with E-state index in [0.717, 1.165) is 42.2 Å². The SMILES string of the molecule is CCc1cc(CC)n(-c2ncnc(NC)c2CC)n1. The fraction of sp³-hybridized carbons (Fsp3) is 0.500. The summed E-state index contributed by atoms with van der Waals surface area (Å²) in [5.74, 6) is 1.77. The van der Waals surface area contributed by atoms with Crippen molar-refractivity contribution in [2.45, 2.75) is 40.0 Å². The van der Waals surface area contributed by atoms with Gasteiger partial charge in [0, 0.05) is 18.3 Å². The normalized spacial score (nSPS) is 10.7. The number of nitrogens with zero attached hydrogens (tertiary/aromatic N) is 4. The molecule has 0 saturated heterocycles. The number of nitrogens with one attached hydrogen (secondary N) is 1. The summed E-state index contributed by atoms with van der Waals surface area (Å²) in [6.07, 6.45) is 4.34. The molecule has 0 radical (unpaired) electrons. The molecule has 102 valence electrons. The summed E-state index contributed by atoms with van der Waals surface area (Å²) in [6, 6.07) is 2.15. The van der Waals surface area contributed by atoms with Crippen LogP contribution in [0.15, 0.2) is 12.4 Å². The molecule has 2 aromatic heterocycles. The standard InChI is InChI=1S/C14H21N5/c1-5-10-8-11(6-2)19(18-10)14-12(7-3)13(15-4)16-9-17-14/h8-9H,5-7H2,1-4H3,(H,15,16,17). The molecule has 0 aliphatic heterocycles. The van der Waals surface area contributed by atoms with Gasteiger partial charge in [-0.1, -0.05) is 20.8 Å². The van der Waals surface area contributed by atoms with Crippen LogP contribution >= 0.6 is 0 Å². The molecule has 5 heteroatoms. The van der Waals surface area contributed by atoms with Gasteiger partial charge in [-0.25, -0.2) is 14.6 Å². The predicted octanol–water partition coefficient (Wildman–Crippen LogP) is 2.39. The van der Waals surface area contributed by atoms with E-state index < -0.39 is 0 Å². The van der Waals surface area contributed by atoms with Gasteiger partial charge in [-0.05, 0) is 25.3 Å². The Labute approximate surface area is 114 Å². The summed E-state index contributed by atoms with van der Waals surface area (Å²) >= 11 is 0. The number of rotatable bonds is 5. The van der Waals surface area contributed by atoms with Crippen molar-refractivity contribution in [2.24, 2.45) is 0 Å². The molecule has 2 heterocycles. The summed E-state index contributed by atoms with van der Waals surface area (Å²) < 4.78 is 1.96. The number of aryl methyl sites for hydroxylation is 2. The van der Waals surface area contributed by atoms with Gasteiger partial charge in [-0.15, -0.1) is 0 Å². The van der Waals surface area contributed by atoms with E-state index in [-0.39, 0.29) is 0 Å². The predicted molar refractivity (Wildman–Crippen MR) is 76.8 cm³/mol. The second-order valence-electron chi connectivity index (χ2n) is 4.37. The smallest absolute Gasteiger partial charge is 0.162 e. The molecule has 0 aliphatic rings. The van der Waals surface area contributed by atoms with Gasteiger partial charge < -0.3 is 5.32 Å². The van der Waals surface area contributed by atoms with Crippen LogP contribution in [-0.2, 0) is 19.3 Å². The Morgan fingerprint density at radius 3 is 2.47 bits per heavy atom. The van der Waals surface area contributed by atoms with Gasteiger partial charge in [0.2, 0.25) is 0 Å². The van der Waals surface area contributed by atoms with Crippen LogP contribution in [0.5, 0.6) is 0 Å². The molecular weight excluding hydrogens is 238 g/mol. The van der Waals surface area contributed by atoms with E-state index in [4.69, 9.17) is 0 Å². The van der Waals surface area contributed by atoms with Crippen LogP contribution < -0.4 is 5.32 Å². The average molecular weight is 259 g/mol. The van der Waals surface area contributed by atoms with Crippen molar-refractivity contribution >= 4 is 5.82 Å². The second kappa shape index (κ2) is 5.82. The van der Waals surface area contributed by atoms with Crippen molar-refractivity contribution < 1.29 is 0 Å². The molecule has 0 unspecified atom stereocenters. The molecule has 2 rings (SSSR count). The van der Waals surface area contributed by atoms with Gasteiger partial charge in [0.05, 0.1) is 5.69 Å². The number of hydrogen-bond donors (Lipinski definition) is 1. The van der Waals surface area contributed by atoms with E-state index in [0.29, 0.717) is 0 Å². The van der Waals surface area contributed by atoms with Gasteiger partial charge in [0.15, 0.2) is 5.82 Å². The molecule has 0 aromatic carbocycles. The zero-order chi connectivity index (χ0) is 13.8. The summed E-state index contributed by atoms with van der Waals surface area (Å²) in [6.45, 7) is 6.36. The first-order valence-electron chi connectivity index (χ1n) is 6.84. The molecule has 0 saturated carbocycles. The molecule has 1 N–H and O–H groups in total.